The topological polar surface area (TPSA) is 0 Å². The third kappa shape index (κ3) is 5.21. The Morgan fingerprint density at radius 3 is 0.500 bits per heavy atom. The van der Waals surface area contributed by atoms with E-state index in [1.165, 1.54) is 103 Å². The van der Waals surface area contributed by atoms with E-state index in [9.17, 15) is 0 Å². The second-order valence-corrected chi connectivity index (χ2v) is 11.3. The van der Waals surface area contributed by atoms with Gasteiger partial charge in [-0.1, -0.05) is 107 Å². The van der Waals surface area contributed by atoms with Crippen LogP contribution in [-0.4, -0.2) is 0 Å². The van der Waals surface area contributed by atoms with Crippen molar-refractivity contribution >= 4 is 0 Å². The van der Waals surface area contributed by atoms with E-state index in [0.717, 1.165) is 0 Å². The zero-order valence-corrected chi connectivity index (χ0v) is 25.3. The van der Waals surface area contributed by atoms with Gasteiger partial charge in [-0.2, -0.15) is 0 Å². The highest BCUT2D eigenvalue weighted by atomic mass is 14.4. The number of fused-ring (bicyclic) bond motifs is 4. The Balaban J connectivity index is 2.53. The first-order valence-corrected chi connectivity index (χ1v) is 16.0. The summed E-state index contributed by atoms with van der Waals surface area (Å²) in [5, 5.41) is 0. The van der Waals surface area contributed by atoms with Gasteiger partial charge < -0.3 is 0 Å². The van der Waals surface area contributed by atoms with Gasteiger partial charge in [0.15, 0.2) is 0 Å². The highest BCUT2D eigenvalue weighted by Crippen LogP contribution is 2.59. The van der Waals surface area contributed by atoms with Gasteiger partial charge in [0.2, 0.25) is 0 Å². The summed E-state index contributed by atoms with van der Waals surface area (Å²) in [6.07, 6.45) is 20.0. The molecule has 0 atom stereocenters. The van der Waals surface area contributed by atoms with E-state index < -0.39 is 0 Å². The van der Waals surface area contributed by atoms with E-state index in [4.69, 9.17) is 0 Å². The molecule has 2 aromatic rings. The minimum atomic E-state index is 1.24. The lowest BCUT2D eigenvalue weighted by Gasteiger charge is -2.40. The Bertz CT molecular complexity index is 840. The summed E-state index contributed by atoms with van der Waals surface area (Å²) in [7, 11) is 0. The maximum atomic E-state index is 2.39. The van der Waals surface area contributed by atoms with E-state index in [0.29, 0.717) is 0 Å². The van der Waals surface area contributed by atoms with Gasteiger partial charge in [-0.05, 0) is 118 Å². The molecule has 0 fully saturated rings. The van der Waals surface area contributed by atoms with Gasteiger partial charge in [0.25, 0.3) is 0 Å². The first-order valence-electron chi connectivity index (χ1n) is 16.0. The molecule has 200 valence electrons. The zero-order chi connectivity index (χ0) is 26.2. The van der Waals surface area contributed by atoms with Gasteiger partial charge in [-0.15, -0.1) is 0 Å². The van der Waals surface area contributed by atoms with Crippen molar-refractivity contribution in [3.8, 4) is 22.3 Å². The molecule has 0 unspecified atom stereocenters. The molecule has 0 aliphatic heterocycles. The van der Waals surface area contributed by atoms with Crippen molar-refractivity contribution in [2.45, 2.75) is 158 Å². The summed E-state index contributed by atoms with van der Waals surface area (Å²) in [6, 6.07) is 0. The summed E-state index contributed by atoms with van der Waals surface area (Å²) in [6.45, 7) is 19.1. The molecule has 0 bridgehead atoms. The summed E-state index contributed by atoms with van der Waals surface area (Å²) >= 11 is 0. The maximum Gasteiger partial charge on any atom is -0.00580 e. The second-order valence-electron chi connectivity index (χ2n) is 11.3. The van der Waals surface area contributed by atoms with E-state index in [2.05, 4.69) is 55.4 Å². The third-order valence-electron chi connectivity index (χ3n) is 8.39. The molecule has 36 heavy (non-hydrogen) atoms. The van der Waals surface area contributed by atoms with Crippen molar-refractivity contribution in [3.05, 3.63) is 44.5 Å². The molecule has 0 saturated carbocycles. The minimum Gasteiger partial charge on any atom is -0.0651 e. The second kappa shape index (κ2) is 13.8. The zero-order valence-electron chi connectivity index (χ0n) is 25.3. The fourth-order valence-electron chi connectivity index (χ4n) is 7.29. The van der Waals surface area contributed by atoms with Crippen molar-refractivity contribution in [1.82, 2.24) is 0 Å². The molecular formula is C36H56. The van der Waals surface area contributed by atoms with E-state index in [1.54, 1.807) is 66.8 Å². The lowest BCUT2D eigenvalue weighted by atomic mass is 9.64. The molecule has 1 aliphatic carbocycles. The number of hydrogen-bond acceptors (Lipinski definition) is 0. The monoisotopic (exact) mass is 488 g/mol. The Hall–Kier alpha value is -1.56. The molecule has 0 heteroatoms. The highest BCUT2D eigenvalue weighted by molar-refractivity contribution is 6.10. The highest BCUT2D eigenvalue weighted by Gasteiger charge is 2.37. The van der Waals surface area contributed by atoms with Crippen LogP contribution in [0.3, 0.4) is 0 Å². The van der Waals surface area contributed by atoms with Gasteiger partial charge in [-0.3, -0.25) is 0 Å². The number of rotatable bonds is 16. The van der Waals surface area contributed by atoms with Crippen LogP contribution in [-0.2, 0) is 51.4 Å². The van der Waals surface area contributed by atoms with Crippen LogP contribution in [0.2, 0.25) is 0 Å². The van der Waals surface area contributed by atoms with Crippen LogP contribution in [0.25, 0.3) is 22.3 Å². The molecule has 0 amide bonds. The van der Waals surface area contributed by atoms with Crippen molar-refractivity contribution in [2.24, 2.45) is 0 Å². The van der Waals surface area contributed by atoms with Gasteiger partial charge in [0.1, 0.15) is 0 Å². The summed E-state index contributed by atoms with van der Waals surface area (Å²) < 4.78 is 0. The van der Waals surface area contributed by atoms with Gasteiger partial charge in [0.05, 0.1) is 0 Å². The van der Waals surface area contributed by atoms with Gasteiger partial charge >= 0.3 is 0 Å². The predicted molar refractivity (Wildman–Crippen MR) is 163 cm³/mol. The summed E-state index contributed by atoms with van der Waals surface area (Å²) in [4.78, 5) is 0. The van der Waals surface area contributed by atoms with Crippen LogP contribution < -0.4 is 0 Å². The molecule has 0 radical (unpaired) electrons. The van der Waals surface area contributed by atoms with Crippen LogP contribution in [0.15, 0.2) is 0 Å². The van der Waals surface area contributed by atoms with Crippen LogP contribution >= 0.6 is 0 Å². The average Bonchev–Trinajstić information content (AvgIpc) is 2.85. The lowest BCUT2D eigenvalue weighted by molar-refractivity contribution is 0.789. The Kier molecular flexibility index (Phi) is 11.1. The molecular weight excluding hydrogens is 432 g/mol. The fourth-order valence-corrected chi connectivity index (χ4v) is 7.29. The summed E-state index contributed by atoms with van der Waals surface area (Å²) in [5.74, 6) is 0. The molecule has 2 aromatic carbocycles. The van der Waals surface area contributed by atoms with Crippen LogP contribution in [0.5, 0.6) is 0 Å². The first kappa shape index (κ1) is 29.0. The normalized spacial score (nSPS) is 12.0. The Morgan fingerprint density at radius 2 is 0.361 bits per heavy atom. The molecule has 0 aromatic heterocycles. The van der Waals surface area contributed by atoms with Crippen LogP contribution in [0.1, 0.15) is 151 Å². The molecule has 0 spiro atoms. The Morgan fingerprint density at radius 1 is 0.222 bits per heavy atom. The molecule has 1 aliphatic rings. The van der Waals surface area contributed by atoms with Gasteiger partial charge in [0, 0.05) is 0 Å². The van der Waals surface area contributed by atoms with E-state index in [-0.39, 0.29) is 0 Å². The SMILES string of the molecule is CCCc1c(CCC)c(CCC)c2c(c1CCC)-c1c(CCC)c(CCC)c(CCC)c(CCC)c1-2. The average molecular weight is 489 g/mol. The molecule has 3 rings (SSSR count). The van der Waals surface area contributed by atoms with Crippen molar-refractivity contribution in [1.29, 1.82) is 0 Å². The van der Waals surface area contributed by atoms with Crippen LogP contribution in [0, 0.1) is 0 Å². The minimum absolute atomic E-state index is 1.24. The van der Waals surface area contributed by atoms with Crippen molar-refractivity contribution in [3.63, 3.8) is 0 Å². The van der Waals surface area contributed by atoms with Crippen molar-refractivity contribution < 1.29 is 0 Å². The van der Waals surface area contributed by atoms with E-state index in [1.807, 2.05) is 0 Å². The Labute approximate surface area is 224 Å². The first-order chi connectivity index (χ1) is 17.6. The molecule has 0 saturated heterocycles. The number of benzene rings is 2. The fraction of sp³-hybridized carbons (Fsp3) is 0.667. The largest absolute Gasteiger partial charge is 0.0651 e. The molecule has 0 heterocycles. The predicted octanol–water partition coefficient (Wildman–Crippen LogP) is 11.0. The smallest absolute Gasteiger partial charge is 0.00580 e. The quantitative estimate of drug-likeness (QED) is 0.188. The van der Waals surface area contributed by atoms with E-state index >= 15 is 0 Å². The summed E-state index contributed by atoms with van der Waals surface area (Å²) in [5.41, 5.74) is 20.9. The molecule has 0 nitrogen and oxygen atoms in total. The van der Waals surface area contributed by atoms with Crippen LogP contribution in [0.4, 0.5) is 0 Å². The number of hydrogen-bond donors (Lipinski definition) is 0. The van der Waals surface area contributed by atoms with Gasteiger partial charge in [-0.25, -0.2) is 0 Å². The lowest BCUT2D eigenvalue weighted by Crippen LogP contribution is -2.21. The third-order valence-corrected chi connectivity index (χ3v) is 8.39. The standard InChI is InChI=1S/C36H56/c1-9-17-25-26(18-10-2)30(22-14-6)34-33(29(25)21-13-5)35-31(23-15-7)27(19-11-3)28(20-12-4)32(24-16-8)36(34)35/h9-24H2,1-8H3. The van der Waals surface area contributed by atoms with Crippen molar-refractivity contribution in [2.75, 3.05) is 0 Å². The molecule has 0 N–H and O–H groups in total. The maximum absolute atomic E-state index is 2.39.